The molecule has 1 aromatic carbocycles. The van der Waals surface area contributed by atoms with Crippen molar-refractivity contribution in [3.05, 3.63) is 23.6 Å². The van der Waals surface area contributed by atoms with Crippen LogP contribution in [0, 0.1) is 11.7 Å². The number of unbranched alkanes of at least 4 members (excludes halogenated alkanes) is 1. The van der Waals surface area contributed by atoms with E-state index < -0.39 is 23.9 Å². The van der Waals surface area contributed by atoms with Gasteiger partial charge in [-0.25, -0.2) is 13.9 Å². The number of nitrogens with zero attached hydrogens (tertiary/aromatic N) is 3. The molecule has 4 heterocycles. The summed E-state index contributed by atoms with van der Waals surface area (Å²) in [6.45, 7) is 17.1. The second-order valence-corrected chi connectivity index (χ2v) is 15.0. The highest BCUT2D eigenvalue weighted by Crippen LogP contribution is 2.38. The molecule has 0 aliphatic carbocycles. The summed E-state index contributed by atoms with van der Waals surface area (Å²) in [5, 5.41) is 5.52. The number of fused-ring (bicyclic) bond motifs is 1. The molecule has 3 aliphatic heterocycles. The van der Waals surface area contributed by atoms with Gasteiger partial charge in [0.1, 0.15) is 11.4 Å². The van der Waals surface area contributed by atoms with E-state index >= 15 is 4.39 Å². The number of amides is 1. The van der Waals surface area contributed by atoms with Crippen molar-refractivity contribution in [3.63, 3.8) is 0 Å². The summed E-state index contributed by atoms with van der Waals surface area (Å²) in [5.41, 5.74) is 0.482. The lowest BCUT2D eigenvalue weighted by molar-refractivity contribution is -0.0366. The van der Waals surface area contributed by atoms with Crippen LogP contribution in [0.1, 0.15) is 112 Å². The van der Waals surface area contributed by atoms with Gasteiger partial charge in [0, 0.05) is 44.4 Å². The minimum atomic E-state index is -0.695. The van der Waals surface area contributed by atoms with Gasteiger partial charge in [0.2, 0.25) is 0 Å². The van der Waals surface area contributed by atoms with E-state index in [0.717, 1.165) is 68.8 Å². The van der Waals surface area contributed by atoms with Gasteiger partial charge in [0.15, 0.2) is 6.23 Å². The SMILES string of the molecule is CC(C)(C)OC(=O)N1CCCC(COCCCCc2c(F)cc3c(cnn3C3CCCCO3)c2B2OC(C)(C)C(C)(C)O2)CC1. The summed E-state index contributed by atoms with van der Waals surface area (Å²) in [4.78, 5) is 14.3. The normalized spacial score (nSPS) is 23.8. The fourth-order valence-electron chi connectivity index (χ4n) is 6.45. The van der Waals surface area contributed by atoms with Gasteiger partial charge in [0.25, 0.3) is 0 Å². The van der Waals surface area contributed by atoms with E-state index in [1.807, 2.05) is 64.2 Å². The molecule has 9 nitrogen and oxygen atoms in total. The first-order chi connectivity index (χ1) is 21.3. The third kappa shape index (κ3) is 8.03. The van der Waals surface area contributed by atoms with E-state index in [0.29, 0.717) is 49.8 Å². The van der Waals surface area contributed by atoms with E-state index in [-0.39, 0.29) is 18.1 Å². The molecule has 0 radical (unpaired) electrons. The topological polar surface area (TPSA) is 84.3 Å². The second-order valence-electron chi connectivity index (χ2n) is 15.0. The van der Waals surface area contributed by atoms with Crippen molar-refractivity contribution in [1.29, 1.82) is 0 Å². The van der Waals surface area contributed by atoms with Gasteiger partial charge >= 0.3 is 13.2 Å². The van der Waals surface area contributed by atoms with Crippen molar-refractivity contribution in [2.75, 3.05) is 32.9 Å². The molecular weight excluding hydrogens is 576 g/mol. The fourth-order valence-corrected chi connectivity index (χ4v) is 6.45. The zero-order chi connectivity index (χ0) is 32.4. The molecule has 0 N–H and O–H groups in total. The number of carbonyl (C=O) groups excluding carboxylic acids is 1. The number of aromatic nitrogens is 2. The Morgan fingerprint density at radius 3 is 2.51 bits per heavy atom. The van der Waals surface area contributed by atoms with Gasteiger partial charge in [-0.3, -0.25) is 0 Å². The highest BCUT2D eigenvalue weighted by atomic mass is 19.1. The highest BCUT2D eigenvalue weighted by molar-refractivity contribution is 6.65. The number of halogens is 1. The van der Waals surface area contributed by atoms with Crippen molar-refractivity contribution in [1.82, 2.24) is 14.7 Å². The van der Waals surface area contributed by atoms with Crippen LogP contribution < -0.4 is 5.46 Å². The van der Waals surface area contributed by atoms with Crippen molar-refractivity contribution < 1.29 is 32.7 Å². The zero-order valence-corrected chi connectivity index (χ0v) is 28.5. The minimum absolute atomic E-state index is 0.196. The number of rotatable bonds is 9. The largest absolute Gasteiger partial charge is 0.495 e. The number of hydrogen-bond donors (Lipinski definition) is 0. The van der Waals surface area contributed by atoms with Gasteiger partial charge in [-0.1, -0.05) is 0 Å². The molecule has 3 saturated heterocycles. The Kier molecular flexibility index (Phi) is 10.5. The number of likely N-dealkylation sites (tertiary alicyclic amines) is 1. The summed E-state index contributed by atoms with van der Waals surface area (Å²) in [5.74, 6) is 0.149. The first kappa shape index (κ1) is 34.1. The summed E-state index contributed by atoms with van der Waals surface area (Å²) >= 11 is 0. The smallest absolute Gasteiger partial charge is 0.444 e. The van der Waals surface area contributed by atoms with E-state index in [2.05, 4.69) is 5.10 Å². The van der Waals surface area contributed by atoms with Crippen molar-refractivity contribution in [2.24, 2.45) is 5.92 Å². The summed E-state index contributed by atoms with van der Waals surface area (Å²) < 4.78 is 48.4. The Morgan fingerprint density at radius 2 is 1.82 bits per heavy atom. The Balaban J connectivity index is 1.20. The van der Waals surface area contributed by atoms with Crippen LogP contribution in [0.4, 0.5) is 9.18 Å². The predicted molar refractivity (Wildman–Crippen MR) is 173 cm³/mol. The van der Waals surface area contributed by atoms with Crippen molar-refractivity contribution in [3.8, 4) is 0 Å². The minimum Gasteiger partial charge on any atom is -0.444 e. The van der Waals surface area contributed by atoms with Gasteiger partial charge in [-0.15, -0.1) is 0 Å². The Hall–Kier alpha value is -2.21. The molecule has 1 amide bonds. The van der Waals surface area contributed by atoms with Crippen LogP contribution in [-0.2, 0) is 29.9 Å². The molecule has 0 spiro atoms. The molecule has 2 aromatic rings. The van der Waals surface area contributed by atoms with E-state index in [1.54, 1.807) is 6.07 Å². The molecule has 45 heavy (non-hydrogen) atoms. The molecule has 5 rings (SSSR count). The number of ether oxygens (including phenoxy) is 3. The molecule has 0 bridgehead atoms. The average molecular weight is 630 g/mol. The standard InChI is InChI=1S/C34H53BFN3O6/c1-32(2,3)43-31(40)38-17-12-13-24(16-18-38)23-41-19-10-8-14-25-27(36)21-28-26(22-37-39(28)29-15-9-11-20-42-29)30(25)35-44-33(4,5)34(6,7)45-35/h21-22,24,29H,8-20,23H2,1-7H3. The Bertz CT molecular complexity index is 1300. The van der Waals surface area contributed by atoms with E-state index in [4.69, 9.17) is 23.5 Å². The predicted octanol–water partition coefficient (Wildman–Crippen LogP) is 6.55. The molecule has 2 unspecified atom stereocenters. The fraction of sp³-hybridized carbons (Fsp3) is 0.765. The third-order valence-corrected chi connectivity index (χ3v) is 9.74. The van der Waals surface area contributed by atoms with Gasteiger partial charge < -0.3 is 28.4 Å². The second kappa shape index (κ2) is 13.9. The lowest BCUT2D eigenvalue weighted by atomic mass is 9.72. The first-order valence-corrected chi connectivity index (χ1v) is 17.0. The zero-order valence-electron chi connectivity index (χ0n) is 28.5. The van der Waals surface area contributed by atoms with Crippen LogP contribution in [0.25, 0.3) is 10.9 Å². The lowest BCUT2D eigenvalue weighted by Crippen LogP contribution is -2.41. The molecule has 3 fully saturated rings. The monoisotopic (exact) mass is 629 g/mol. The number of carbonyl (C=O) groups is 1. The Morgan fingerprint density at radius 1 is 1.07 bits per heavy atom. The van der Waals surface area contributed by atoms with Crippen LogP contribution >= 0.6 is 0 Å². The average Bonchev–Trinajstić information content (AvgIpc) is 3.34. The van der Waals surface area contributed by atoms with E-state index in [9.17, 15) is 4.79 Å². The Labute approximate surface area is 268 Å². The molecular formula is C34H53BFN3O6. The molecule has 0 saturated carbocycles. The van der Waals surface area contributed by atoms with Crippen LogP contribution in [-0.4, -0.2) is 77.6 Å². The first-order valence-electron chi connectivity index (χ1n) is 17.0. The van der Waals surface area contributed by atoms with Crippen LogP contribution in [0.2, 0.25) is 0 Å². The third-order valence-electron chi connectivity index (χ3n) is 9.74. The number of hydrogen-bond acceptors (Lipinski definition) is 7. The van der Waals surface area contributed by atoms with Crippen molar-refractivity contribution >= 4 is 29.6 Å². The van der Waals surface area contributed by atoms with Gasteiger partial charge in [0.05, 0.1) is 22.9 Å². The molecule has 3 aliphatic rings. The van der Waals surface area contributed by atoms with E-state index in [1.165, 1.54) is 0 Å². The number of benzene rings is 1. The van der Waals surface area contributed by atoms with Crippen molar-refractivity contribution in [2.45, 2.75) is 129 Å². The maximum absolute atomic E-state index is 16.0. The lowest BCUT2D eigenvalue weighted by Gasteiger charge is -2.32. The highest BCUT2D eigenvalue weighted by Gasteiger charge is 2.53. The molecule has 11 heteroatoms. The van der Waals surface area contributed by atoms with Crippen LogP contribution in [0.3, 0.4) is 0 Å². The quantitative estimate of drug-likeness (QED) is 0.230. The van der Waals surface area contributed by atoms with Crippen LogP contribution in [0.5, 0.6) is 0 Å². The van der Waals surface area contributed by atoms with Gasteiger partial charge in [-0.05, 0) is 123 Å². The van der Waals surface area contributed by atoms with Crippen LogP contribution in [0.15, 0.2) is 12.3 Å². The summed E-state index contributed by atoms with van der Waals surface area (Å²) in [6.07, 6.45) is 9.34. The van der Waals surface area contributed by atoms with Gasteiger partial charge in [-0.2, -0.15) is 5.10 Å². The molecule has 1 aromatic heterocycles. The maximum atomic E-state index is 16.0. The molecule has 250 valence electrons. The maximum Gasteiger partial charge on any atom is 0.495 e. The molecule has 2 atom stereocenters. The summed E-state index contributed by atoms with van der Waals surface area (Å²) in [7, 11) is -0.695. The summed E-state index contributed by atoms with van der Waals surface area (Å²) in [6, 6.07) is 1.60.